The maximum atomic E-state index is 12.4. The van der Waals surface area contributed by atoms with Crippen molar-refractivity contribution in [2.24, 2.45) is 5.92 Å². The van der Waals surface area contributed by atoms with Gasteiger partial charge in [-0.1, -0.05) is 20.8 Å². The second-order valence-corrected chi connectivity index (χ2v) is 6.20. The van der Waals surface area contributed by atoms with Gasteiger partial charge in [0.15, 0.2) is 0 Å². The van der Waals surface area contributed by atoms with Gasteiger partial charge < -0.3 is 10.6 Å². The van der Waals surface area contributed by atoms with Crippen LogP contribution in [-0.4, -0.2) is 34.2 Å². The zero-order valence-corrected chi connectivity index (χ0v) is 14.9. The molecule has 2 amide bonds. The maximum Gasteiger partial charge on any atom is 0.277 e. The molecule has 0 aliphatic heterocycles. The quantitative estimate of drug-likeness (QED) is 0.506. The Morgan fingerprint density at radius 2 is 1.62 bits per heavy atom. The van der Waals surface area contributed by atoms with Crippen LogP contribution in [0.5, 0.6) is 0 Å². The average molecular weight is 366 g/mol. The van der Waals surface area contributed by atoms with Gasteiger partial charge in [-0.2, -0.15) is 0 Å². The summed E-state index contributed by atoms with van der Waals surface area (Å²) in [5.74, 6) is -1.05. The first-order valence-electron chi connectivity index (χ1n) is 8.18. The van der Waals surface area contributed by atoms with Crippen LogP contribution in [0.4, 0.5) is 11.4 Å². The van der Waals surface area contributed by atoms with Crippen LogP contribution in [0.25, 0.3) is 0 Å². The predicted octanol–water partition coefficient (Wildman–Crippen LogP) is 2.17. The molecule has 0 aliphatic carbocycles. The number of hydrogen-bond donors (Lipinski definition) is 2. The number of non-ortho nitro benzene ring substituents is 2. The van der Waals surface area contributed by atoms with Crippen molar-refractivity contribution in [3.05, 3.63) is 44.0 Å². The van der Waals surface area contributed by atoms with Gasteiger partial charge in [0.1, 0.15) is 6.04 Å². The fourth-order valence-electron chi connectivity index (χ4n) is 2.25. The third kappa shape index (κ3) is 6.11. The number of nitro groups is 2. The smallest absolute Gasteiger partial charge is 0.277 e. The van der Waals surface area contributed by atoms with Crippen LogP contribution in [0.1, 0.15) is 44.0 Å². The van der Waals surface area contributed by atoms with Crippen molar-refractivity contribution in [2.75, 3.05) is 6.54 Å². The predicted molar refractivity (Wildman–Crippen MR) is 93.8 cm³/mol. The highest BCUT2D eigenvalue weighted by Crippen LogP contribution is 2.23. The molecule has 26 heavy (non-hydrogen) atoms. The molecule has 2 N–H and O–H groups in total. The van der Waals surface area contributed by atoms with Crippen LogP contribution >= 0.6 is 0 Å². The minimum Gasteiger partial charge on any atom is -0.354 e. The van der Waals surface area contributed by atoms with E-state index in [1.807, 2.05) is 20.8 Å². The molecule has 0 heterocycles. The lowest BCUT2D eigenvalue weighted by molar-refractivity contribution is -0.394. The van der Waals surface area contributed by atoms with Gasteiger partial charge in [0.2, 0.25) is 5.91 Å². The van der Waals surface area contributed by atoms with Crippen LogP contribution in [0, 0.1) is 26.1 Å². The van der Waals surface area contributed by atoms with Crippen LogP contribution in [0.15, 0.2) is 18.2 Å². The van der Waals surface area contributed by atoms with E-state index >= 15 is 0 Å². The average Bonchev–Trinajstić information content (AvgIpc) is 2.57. The summed E-state index contributed by atoms with van der Waals surface area (Å²) in [5, 5.41) is 27.1. The van der Waals surface area contributed by atoms with Gasteiger partial charge in [-0.25, -0.2) is 0 Å². The Hall–Kier alpha value is -3.04. The molecule has 0 radical (unpaired) electrons. The number of carbonyl (C=O) groups is 2. The number of carbonyl (C=O) groups excluding carboxylic acids is 2. The first-order chi connectivity index (χ1) is 12.1. The Balaban J connectivity index is 3.09. The van der Waals surface area contributed by atoms with Crippen molar-refractivity contribution in [3.8, 4) is 0 Å². The fraction of sp³-hybridized carbons (Fsp3) is 0.500. The highest BCUT2D eigenvalue weighted by Gasteiger charge is 2.25. The molecule has 0 bridgehead atoms. The normalized spacial score (nSPS) is 11.7. The molecule has 0 saturated heterocycles. The zero-order chi connectivity index (χ0) is 19.9. The summed E-state index contributed by atoms with van der Waals surface area (Å²) >= 11 is 0. The first kappa shape index (κ1) is 21.0. The van der Waals surface area contributed by atoms with E-state index in [2.05, 4.69) is 10.6 Å². The summed E-state index contributed by atoms with van der Waals surface area (Å²) in [6, 6.07) is 1.82. The molecule has 0 spiro atoms. The van der Waals surface area contributed by atoms with E-state index in [0.717, 1.165) is 24.6 Å². The first-order valence-corrected chi connectivity index (χ1v) is 8.18. The molecule has 1 aromatic rings. The minimum atomic E-state index is -0.840. The Morgan fingerprint density at radius 3 is 2.04 bits per heavy atom. The van der Waals surface area contributed by atoms with Gasteiger partial charge >= 0.3 is 0 Å². The topological polar surface area (TPSA) is 144 Å². The Labute approximate surface area is 150 Å². The van der Waals surface area contributed by atoms with Crippen molar-refractivity contribution in [1.29, 1.82) is 0 Å². The van der Waals surface area contributed by atoms with E-state index < -0.39 is 33.2 Å². The Bertz CT molecular complexity index is 672. The summed E-state index contributed by atoms with van der Waals surface area (Å²) in [7, 11) is 0. The molecule has 1 aromatic carbocycles. The number of rotatable bonds is 9. The summed E-state index contributed by atoms with van der Waals surface area (Å²) in [6.07, 6.45) is 1.09. The van der Waals surface area contributed by atoms with Gasteiger partial charge in [0, 0.05) is 18.7 Å². The molecule has 0 unspecified atom stereocenters. The zero-order valence-electron chi connectivity index (χ0n) is 14.9. The largest absolute Gasteiger partial charge is 0.354 e. The molecule has 0 aromatic heterocycles. The molecule has 10 heteroatoms. The second kappa shape index (κ2) is 9.44. The fourth-order valence-corrected chi connectivity index (χ4v) is 2.25. The monoisotopic (exact) mass is 366 g/mol. The van der Waals surface area contributed by atoms with E-state index in [9.17, 15) is 29.8 Å². The number of nitrogens with zero attached hydrogens (tertiary/aromatic N) is 2. The second-order valence-electron chi connectivity index (χ2n) is 6.20. The molecule has 1 atom stereocenters. The van der Waals surface area contributed by atoms with Crippen molar-refractivity contribution >= 4 is 23.2 Å². The number of amides is 2. The molecule has 1 rings (SSSR count). The van der Waals surface area contributed by atoms with E-state index in [-0.39, 0.29) is 17.4 Å². The molecular formula is C16H22N4O6. The van der Waals surface area contributed by atoms with Crippen LogP contribution in [0.2, 0.25) is 0 Å². The van der Waals surface area contributed by atoms with Crippen molar-refractivity contribution in [2.45, 2.75) is 39.7 Å². The highest BCUT2D eigenvalue weighted by atomic mass is 16.6. The summed E-state index contributed by atoms with van der Waals surface area (Å²) in [4.78, 5) is 44.9. The third-order valence-electron chi connectivity index (χ3n) is 3.46. The molecule has 0 fully saturated rings. The van der Waals surface area contributed by atoms with Crippen molar-refractivity contribution < 1.29 is 19.4 Å². The number of benzene rings is 1. The van der Waals surface area contributed by atoms with E-state index in [1.165, 1.54) is 0 Å². The molecule has 0 aliphatic rings. The number of nitro benzene ring substituents is 2. The van der Waals surface area contributed by atoms with Gasteiger partial charge in [0.05, 0.1) is 21.5 Å². The summed E-state index contributed by atoms with van der Waals surface area (Å²) in [6.45, 7) is 6.10. The summed E-state index contributed by atoms with van der Waals surface area (Å²) < 4.78 is 0. The van der Waals surface area contributed by atoms with Gasteiger partial charge in [-0.05, 0) is 18.8 Å². The number of nitrogens with one attached hydrogen (secondary N) is 2. The molecule has 10 nitrogen and oxygen atoms in total. The Kier molecular flexibility index (Phi) is 7.63. The maximum absolute atomic E-state index is 12.4. The lowest BCUT2D eigenvalue weighted by atomic mass is 10.0. The van der Waals surface area contributed by atoms with Crippen molar-refractivity contribution in [1.82, 2.24) is 10.6 Å². The van der Waals surface area contributed by atoms with Crippen LogP contribution < -0.4 is 10.6 Å². The standard InChI is InChI=1S/C16H22N4O6/c1-4-5-17-16(22)14(6-10(2)3)18-15(21)11-7-12(19(23)24)9-13(8-11)20(25)26/h7-10,14H,4-6H2,1-3H3,(H,17,22)(H,18,21)/t14-/m1/s1. The van der Waals surface area contributed by atoms with E-state index in [1.54, 1.807) is 0 Å². The van der Waals surface area contributed by atoms with Crippen LogP contribution in [-0.2, 0) is 4.79 Å². The minimum absolute atomic E-state index is 0.104. The van der Waals surface area contributed by atoms with E-state index in [4.69, 9.17) is 0 Å². The van der Waals surface area contributed by atoms with Gasteiger partial charge in [-0.15, -0.1) is 0 Å². The molecule has 0 saturated carbocycles. The summed E-state index contributed by atoms with van der Waals surface area (Å²) in [5.41, 5.74) is -1.39. The van der Waals surface area contributed by atoms with Crippen LogP contribution in [0.3, 0.4) is 0 Å². The number of hydrogen-bond acceptors (Lipinski definition) is 6. The molecular weight excluding hydrogens is 344 g/mol. The van der Waals surface area contributed by atoms with E-state index in [0.29, 0.717) is 13.0 Å². The lowest BCUT2D eigenvalue weighted by Gasteiger charge is -2.20. The highest BCUT2D eigenvalue weighted by molar-refractivity contribution is 5.98. The van der Waals surface area contributed by atoms with Gasteiger partial charge in [-0.3, -0.25) is 29.8 Å². The van der Waals surface area contributed by atoms with Gasteiger partial charge in [0.25, 0.3) is 17.3 Å². The Morgan fingerprint density at radius 1 is 1.08 bits per heavy atom. The van der Waals surface area contributed by atoms with Crippen molar-refractivity contribution in [3.63, 3.8) is 0 Å². The third-order valence-corrected chi connectivity index (χ3v) is 3.46. The lowest BCUT2D eigenvalue weighted by Crippen LogP contribution is -2.47. The SMILES string of the molecule is CCCNC(=O)[C@@H](CC(C)C)NC(=O)c1cc([N+](=O)[O-])cc([N+](=O)[O-])c1. The molecule has 142 valence electrons.